The summed E-state index contributed by atoms with van der Waals surface area (Å²) in [6, 6.07) is 7.21. The van der Waals surface area contributed by atoms with Crippen molar-refractivity contribution in [3.05, 3.63) is 42.4 Å². The van der Waals surface area contributed by atoms with E-state index in [1.807, 2.05) is 28.4 Å². The number of ether oxygens (including phenoxy) is 1. The molecule has 1 aliphatic carbocycles. The molecule has 11 nitrogen and oxygen atoms in total. The fourth-order valence-electron chi connectivity index (χ4n) is 4.67. The molecular formula is C26H32N8O3. The zero-order valence-electron chi connectivity index (χ0n) is 21.7. The average Bonchev–Trinajstić information content (AvgIpc) is 3.51. The molecule has 0 aromatic carbocycles. The van der Waals surface area contributed by atoms with Crippen LogP contribution in [0.15, 0.2) is 36.7 Å². The van der Waals surface area contributed by atoms with Crippen LogP contribution in [0.3, 0.4) is 0 Å². The monoisotopic (exact) mass is 504 g/mol. The number of pyridine rings is 2. The Morgan fingerprint density at radius 3 is 2.65 bits per heavy atom. The third-order valence-corrected chi connectivity index (χ3v) is 6.49. The van der Waals surface area contributed by atoms with Crippen LogP contribution in [-0.2, 0) is 17.3 Å². The minimum absolute atomic E-state index is 0.0223. The molecule has 0 unspecified atom stereocenters. The SMILES string of the molecule is CC(=O)Nc1cc(Oc2cnc3nc(Nc4cc(C(C)(C)C)n([C@@H]5CCC[C@@H]5O)n4)n(C)c3c2)ccn1. The van der Waals surface area contributed by atoms with Crippen molar-refractivity contribution in [3.63, 3.8) is 0 Å². The van der Waals surface area contributed by atoms with Gasteiger partial charge in [0.2, 0.25) is 11.9 Å². The van der Waals surface area contributed by atoms with Gasteiger partial charge in [-0.3, -0.25) is 9.48 Å². The summed E-state index contributed by atoms with van der Waals surface area (Å²) in [6.07, 6.45) is 5.48. The molecule has 0 saturated heterocycles. The maximum Gasteiger partial charge on any atom is 0.222 e. The van der Waals surface area contributed by atoms with Crippen LogP contribution < -0.4 is 15.4 Å². The van der Waals surface area contributed by atoms with Gasteiger partial charge >= 0.3 is 0 Å². The number of fused-ring (bicyclic) bond motifs is 1. The number of carbonyl (C=O) groups excluding carboxylic acids is 1. The summed E-state index contributed by atoms with van der Waals surface area (Å²) in [7, 11) is 1.90. The van der Waals surface area contributed by atoms with Gasteiger partial charge in [-0.05, 0) is 25.3 Å². The molecular weight excluding hydrogens is 472 g/mol. The van der Waals surface area contributed by atoms with Crippen molar-refractivity contribution < 1.29 is 14.6 Å². The zero-order chi connectivity index (χ0) is 26.3. The van der Waals surface area contributed by atoms with Crippen LogP contribution >= 0.6 is 0 Å². The second kappa shape index (κ2) is 9.47. The van der Waals surface area contributed by atoms with Crippen LogP contribution in [0.25, 0.3) is 11.2 Å². The van der Waals surface area contributed by atoms with Crippen LogP contribution in [0.2, 0.25) is 0 Å². The van der Waals surface area contributed by atoms with E-state index in [4.69, 9.17) is 9.84 Å². The van der Waals surface area contributed by atoms with Crippen molar-refractivity contribution in [2.45, 2.75) is 64.5 Å². The summed E-state index contributed by atoms with van der Waals surface area (Å²) >= 11 is 0. The van der Waals surface area contributed by atoms with Gasteiger partial charge in [0.15, 0.2) is 11.5 Å². The third-order valence-electron chi connectivity index (χ3n) is 6.49. The largest absolute Gasteiger partial charge is 0.455 e. The van der Waals surface area contributed by atoms with Crippen molar-refractivity contribution in [2.75, 3.05) is 10.6 Å². The number of aryl methyl sites for hydroxylation is 1. The van der Waals surface area contributed by atoms with E-state index in [1.54, 1.807) is 24.5 Å². The molecule has 1 aliphatic rings. The van der Waals surface area contributed by atoms with Gasteiger partial charge in [0.05, 0.1) is 23.9 Å². The Kier molecular flexibility index (Phi) is 6.32. The Hall–Kier alpha value is -3.99. The van der Waals surface area contributed by atoms with Crippen LogP contribution in [0.1, 0.15) is 58.7 Å². The summed E-state index contributed by atoms with van der Waals surface area (Å²) in [6.45, 7) is 7.86. The first-order valence-electron chi connectivity index (χ1n) is 12.4. The molecule has 0 spiro atoms. The molecule has 1 amide bonds. The number of aliphatic hydroxyl groups excluding tert-OH is 1. The molecule has 4 heterocycles. The Balaban J connectivity index is 1.41. The van der Waals surface area contributed by atoms with Crippen LogP contribution in [0, 0.1) is 0 Å². The van der Waals surface area contributed by atoms with E-state index in [2.05, 4.69) is 46.4 Å². The van der Waals surface area contributed by atoms with Crippen molar-refractivity contribution in [2.24, 2.45) is 7.05 Å². The quantitative estimate of drug-likeness (QED) is 0.351. The molecule has 5 rings (SSSR count). The van der Waals surface area contributed by atoms with Crippen LogP contribution in [0.4, 0.5) is 17.6 Å². The first kappa shape index (κ1) is 24.7. The lowest BCUT2D eigenvalue weighted by Crippen LogP contribution is -2.26. The van der Waals surface area contributed by atoms with Gasteiger partial charge in [0.25, 0.3) is 0 Å². The predicted octanol–water partition coefficient (Wildman–Crippen LogP) is 4.44. The fourth-order valence-corrected chi connectivity index (χ4v) is 4.67. The molecule has 0 bridgehead atoms. The Labute approximate surface area is 214 Å². The number of nitrogens with zero attached hydrogens (tertiary/aromatic N) is 6. The summed E-state index contributed by atoms with van der Waals surface area (Å²) in [5, 5.41) is 21.3. The van der Waals surface area contributed by atoms with Crippen LogP contribution in [0.5, 0.6) is 11.5 Å². The van der Waals surface area contributed by atoms with E-state index in [0.717, 1.165) is 30.5 Å². The zero-order valence-corrected chi connectivity index (χ0v) is 21.7. The van der Waals surface area contributed by atoms with Gasteiger partial charge in [-0.25, -0.2) is 9.97 Å². The highest BCUT2D eigenvalue weighted by Gasteiger charge is 2.32. The molecule has 37 heavy (non-hydrogen) atoms. The van der Waals surface area contributed by atoms with Crippen molar-refractivity contribution >= 4 is 34.7 Å². The highest BCUT2D eigenvalue weighted by molar-refractivity contribution is 5.87. The van der Waals surface area contributed by atoms with E-state index in [1.165, 1.54) is 6.92 Å². The second-order valence-electron chi connectivity index (χ2n) is 10.5. The average molecular weight is 505 g/mol. The third kappa shape index (κ3) is 5.12. The minimum Gasteiger partial charge on any atom is -0.455 e. The van der Waals surface area contributed by atoms with Gasteiger partial charge in [-0.2, -0.15) is 10.1 Å². The number of carbonyl (C=O) groups is 1. The normalized spacial score (nSPS) is 17.8. The lowest BCUT2D eigenvalue weighted by Gasteiger charge is -2.25. The van der Waals surface area contributed by atoms with Crippen molar-refractivity contribution in [1.82, 2.24) is 29.3 Å². The lowest BCUT2D eigenvalue weighted by atomic mass is 9.91. The van der Waals surface area contributed by atoms with Gasteiger partial charge in [-0.15, -0.1) is 0 Å². The van der Waals surface area contributed by atoms with Gasteiger partial charge in [0, 0.05) is 49.5 Å². The lowest BCUT2D eigenvalue weighted by molar-refractivity contribution is -0.114. The fraction of sp³-hybridized carbons (Fsp3) is 0.423. The van der Waals surface area contributed by atoms with Gasteiger partial charge in [0.1, 0.15) is 17.3 Å². The highest BCUT2D eigenvalue weighted by Crippen LogP contribution is 2.36. The van der Waals surface area contributed by atoms with E-state index >= 15 is 0 Å². The number of aromatic nitrogens is 6. The van der Waals surface area contributed by atoms with E-state index in [9.17, 15) is 9.90 Å². The first-order valence-corrected chi connectivity index (χ1v) is 12.4. The molecule has 4 aromatic rings. The molecule has 4 aromatic heterocycles. The molecule has 11 heteroatoms. The topological polar surface area (TPSA) is 132 Å². The Morgan fingerprint density at radius 2 is 1.95 bits per heavy atom. The number of amides is 1. The molecule has 2 atom stereocenters. The Morgan fingerprint density at radius 1 is 1.14 bits per heavy atom. The highest BCUT2D eigenvalue weighted by atomic mass is 16.5. The van der Waals surface area contributed by atoms with Gasteiger partial charge in [-0.1, -0.05) is 20.8 Å². The van der Waals surface area contributed by atoms with Gasteiger partial charge < -0.3 is 25.0 Å². The number of hydrogen-bond donors (Lipinski definition) is 3. The standard InChI is InChI=1S/C26H32N8O3/c1-15(35)29-22-12-16(9-10-27-22)37-17-11-19-24(28-14-17)31-25(33(19)5)30-23-13-21(26(2,3)4)34(32-23)18-7-6-8-20(18)36/h9-14,18,20,36H,6-8H2,1-5H3,(H,27,29,35)(H,28,30,31,32)/t18-,20+/m1/s1. The summed E-state index contributed by atoms with van der Waals surface area (Å²) < 4.78 is 9.84. The number of imidazole rings is 1. The molecule has 194 valence electrons. The van der Waals surface area contributed by atoms with Crippen molar-refractivity contribution in [3.8, 4) is 11.5 Å². The maximum absolute atomic E-state index is 11.3. The first-order chi connectivity index (χ1) is 17.6. The smallest absolute Gasteiger partial charge is 0.222 e. The van der Waals surface area contributed by atoms with E-state index in [0.29, 0.717) is 34.7 Å². The number of rotatable bonds is 6. The molecule has 0 aliphatic heterocycles. The van der Waals surface area contributed by atoms with E-state index < -0.39 is 0 Å². The molecule has 1 fully saturated rings. The maximum atomic E-state index is 11.3. The molecule has 0 radical (unpaired) electrons. The number of hydrogen-bond acceptors (Lipinski definition) is 8. The Bertz CT molecular complexity index is 1450. The second-order valence-corrected chi connectivity index (χ2v) is 10.5. The minimum atomic E-state index is -0.387. The summed E-state index contributed by atoms with van der Waals surface area (Å²) in [4.78, 5) is 24.5. The number of nitrogens with one attached hydrogen (secondary N) is 2. The summed E-state index contributed by atoms with van der Waals surface area (Å²) in [5.74, 6) is 2.51. The predicted molar refractivity (Wildman–Crippen MR) is 140 cm³/mol. The van der Waals surface area contributed by atoms with Crippen molar-refractivity contribution in [1.29, 1.82) is 0 Å². The number of aliphatic hydroxyl groups is 1. The summed E-state index contributed by atoms with van der Waals surface area (Å²) in [5.41, 5.74) is 2.26. The molecule has 1 saturated carbocycles. The van der Waals surface area contributed by atoms with E-state index in [-0.39, 0.29) is 23.5 Å². The van der Waals surface area contributed by atoms with Crippen LogP contribution in [-0.4, -0.2) is 46.4 Å². The molecule has 3 N–H and O–H groups in total. The number of anilines is 3.